The Morgan fingerprint density at radius 3 is 2.75 bits per heavy atom. The van der Waals surface area contributed by atoms with E-state index in [-0.39, 0.29) is 5.75 Å². The number of aromatic nitrogens is 2. The van der Waals surface area contributed by atoms with Crippen molar-refractivity contribution in [1.82, 2.24) is 9.78 Å². The molecule has 0 bridgehead atoms. The fourth-order valence-corrected chi connectivity index (χ4v) is 1.68. The van der Waals surface area contributed by atoms with E-state index in [4.69, 9.17) is 10.7 Å². The SMILES string of the molecule is CCn1ccc(CS(=O)(=O)Cl)n1. The van der Waals surface area contributed by atoms with Gasteiger partial charge in [0.05, 0.1) is 5.69 Å². The molecule has 0 amide bonds. The zero-order valence-corrected chi connectivity index (χ0v) is 8.14. The highest BCUT2D eigenvalue weighted by Crippen LogP contribution is 2.06. The van der Waals surface area contributed by atoms with E-state index in [1.54, 1.807) is 16.9 Å². The summed E-state index contributed by atoms with van der Waals surface area (Å²) in [5.74, 6) is -0.207. The van der Waals surface area contributed by atoms with Gasteiger partial charge in [-0.2, -0.15) is 5.10 Å². The van der Waals surface area contributed by atoms with E-state index >= 15 is 0 Å². The number of hydrogen-bond donors (Lipinski definition) is 0. The van der Waals surface area contributed by atoms with Crippen molar-refractivity contribution in [3.63, 3.8) is 0 Å². The standard InChI is InChI=1S/C6H9ClN2O2S/c1-2-9-4-3-6(8-9)5-12(7,10)11/h3-4H,2,5H2,1H3. The van der Waals surface area contributed by atoms with Crippen molar-refractivity contribution in [3.05, 3.63) is 18.0 Å². The minimum Gasteiger partial charge on any atom is -0.273 e. The molecular weight excluding hydrogens is 200 g/mol. The summed E-state index contributed by atoms with van der Waals surface area (Å²) in [5.41, 5.74) is 0.479. The maximum atomic E-state index is 10.6. The molecule has 0 radical (unpaired) electrons. The summed E-state index contributed by atoms with van der Waals surface area (Å²) < 4.78 is 22.9. The monoisotopic (exact) mass is 208 g/mol. The lowest BCUT2D eigenvalue weighted by Crippen LogP contribution is -1.99. The van der Waals surface area contributed by atoms with Gasteiger partial charge in [-0.1, -0.05) is 0 Å². The molecular formula is C6H9ClN2O2S. The second-order valence-corrected chi connectivity index (χ2v) is 5.12. The summed E-state index contributed by atoms with van der Waals surface area (Å²) in [6.07, 6.45) is 1.72. The van der Waals surface area contributed by atoms with Gasteiger partial charge in [0.25, 0.3) is 0 Å². The highest BCUT2D eigenvalue weighted by Gasteiger charge is 2.08. The smallest absolute Gasteiger partial charge is 0.238 e. The number of rotatable bonds is 3. The molecule has 0 N–H and O–H groups in total. The molecule has 0 aliphatic heterocycles. The van der Waals surface area contributed by atoms with Crippen LogP contribution in [0, 0.1) is 0 Å². The van der Waals surface area contributed by atoms with Crippen LogP contribution in [0.4, 0.5) is 0 Å². The molecule has 0 unspecified atom stereocenters. The molecule has 0 aromatic carbocycles. The Bertz CT molecular complexity index is 357. The summed E-state index contributed by atoms with van der Waals surface area (Å²) in [4.78, 5) is 0. The predicted molar refractivity (Wildman–Crippen MR) is 46.4 cm³/mol. The Labute approximate surface area is 75.6 Å². The molecule has 0 aliphatic rings. The van der Waals surface area contributed by atoms with E-state index in [1.807, 2.05) is 6.92 Å². The number of halogens is 1. The molecule has 4 nitrogen and oxygen atoms in total. The van der Waals surface area contributed by atoms with Crippen molar-refractivity contribution in [2.24, 2.45) is 0 Å². The summed E-state index contributed by atoms with van der Waals surface area (Å²) in [6.45, 7) is 2.65. The van der Waals surface area contributed by atoms with Crippen LogP contribution in [0.15, 0.2) is 12.3 Å². The van der Waals surface area contributed by atoms with E-state index < -0.39 is 9.05 Å². The highest BCUT2D eigenvalue weighted by atomic mass is 35.7. The van der Waals surface area contributed by atoms with E-state index in [0.29, 0.717) is 5.69 Å². The Balaban J connectivity index is 2.78. The highest BCUT2D eigenvalue weighted by molar-refractivity contribution is 8.13. The van der Waals surface area contributed by atoms with Crippen molar-refractivity contribution in [3.8, 4) is 0 Å². The first kappa shape index (κ1) is 9.54. The molecule has 0 fully saturated rings. The molecule has 0 spiro atoms. The largest absolute Gasteiger partial charge is 0.273 e. The number of nitrogens with zero attached hydrogens (tertiary/aromatic N) is 2. The van der Waals surface area contributed by atoms with Gasteiger partial charge in [-0.15, -0.1) is 0 Å². The molecule has 1 aromatic rings. The van der Waals surface area contributed by atoms with Gasteiger partial charge in [-0.25, -0.2) is 8.42 Å². The Hall–Kier alpha value is -0.550. The van der Waals surface area contributed by atoms with Gasteiger partial charge in [0.1, 0.15) is 5.75 Å². The minimum absolute atomic E-state index is 0.207. The van der Waals surface area contributed by atoms with Crippen molar-refractivity contribution in [2.45, 2.75) is 19.2 Å². The average Bonchev–Trinajstić information content (AvgIpc) is 2.32. The first-order valence-electron chi connectivity index (χ1n) is 3.46. The first-order chi connectivity index (χ1) is 5.51. The zero-order valence-electron chi connectivity index (χ0n) is 6.57. The summed E-state index contributed by atoms with van der Waals surface area (Å²) in [6, 6.07) is 1.64. The van der Waals surface area contributed by atoms with Crippen molar-refractivity contribution in [2.75, 3.05) is 0 Å². The van der Waals surface area contributed by atoms with Crippen molar-refractivity contribution in [1.29, 1.82) is 0 Å². The predicted octanol–water partition coefficient (Wildman–Crippen LogP) is 0.972. The molecule has 12 heavy (non-hydrogen) atoms. The molecule has 0 atom stereocenters. The van der Waals surface area contributed by atoms with E-state index in [9.17, 15) is 8.42 Å². The van der Waals surface area contributed by atoms with Crippen LogP contribution in [-0.2, 0) is 21.3 Å². The van der Waals surface area contributed by atoms with Gasteiger partial charge in [-0.3, -0.25) is 4.68 Å². The van der Waals surface area contributed by atoms with Crippen LogP contribution in [0.25, 0.3) is 0 Å². The fraction of sp³-hybridized carbons (Fsp3) is 0.500. The van der Waals surface area contributed by atoms with Crippen molar-refractivity contribution >= 4 is 19.7 Å². The zero-order chi connectivity index (χ0) is 9.19. The Morgan fingerprint density at radius 1 is 1.67 bits per heavy atom. The lowest BCUT2D eigenvalue weighted by molar-refractivity contribution is 0.605. The fourth-order valence-electron chi connectivity index (χ4n) is 0.833. The van der Waals surface area contributed by atoms with E-state index in [1.165, 1.54) is 0 Å². The van der Waals surface area contributed by atoms with E-state index in [2.05, 4.69) is 5.10 Å². The van der Waals surface area contributed by atoms with Gasteiger partial charge in [0.15, 0.2) is 0 Å². The summed E-state index contributed by atoms with van der Waals surface area (Å²) in [7, 11) is 1.57. The summed E-state index contributed by atoms with van der Waals surface area (Å²) in [5, 5.41) is 3.97. The minimum atomic E-state index is -3.48. The summed E-state index contributed by atoms with van der Waals surface area (Å²) >= 11 is 0. The second-order valence-electron chi connectivity index (χ2n) is 2.35. The van der Waals surface area contributed by atoms with Gasteiger partial charge >= 0.3 is 0 Å². The van der Waals surface area contributed by atoms with Crippen LogP contribution in [0.2, 0.25) is 0 Å². The molecule has 0 saturated heterocycles. The molecule has 1 aromatic heterocycles. The molecule has 0 saturated carbocycles. The van der Waals surface area contributed by atoms with Gasteiger partial charge in [0, 0.05) is 23.4 Å². The Morgan fingerprint density at radius 2 is 2.33 bits per heavy atom. The molecule has 0 aliphatic carbocycles. The maximum Gasteiger partial charge on any atom is 0.238 e. The molecule has 68 valence electrons. The van der Waals surface area contributed by atoms with Crippen LogP contribution in [0.5, 0.6) is 0 Å². The topological polar surface area (TPSA) is 52.0 Å². The van der Waals surface area contributed by atoms with Crippen LogP contribution in [-0.4, -0.2) is 18.2 Å². The second kappa shape index (κ2) is 3.45. The molecule has 1 heterocycles. The molecule has 6 heteroatoms. The normalized spacial score (nSPS) is 11.8. The Kier molecular flexibility index (Phi) is 2.74. The van der Waals surface area contributed by atoms with Gasteiger partial charge in [0.2, 0.25) is 9.05 Å². The molecule has 1 rings (SSSR count). The van der Waals surface area contributed by atoms with Gasteiger partial charge in [-0.05, 0) is 13.0 Å². The van der Waals surface area contributed by atoms with Crippen molar-refractivity contribution < 1.29 is 8.42 Å². The van der Waals surface area contributed by atoms with Crippen LogP contribution >= 0.6 is 10.7 Å². The van der Waals surface area contributed by atoms with E-state index in [0.717, 1.165) is 6.54 Å². The lowest BCUT2D eigenvalue weighted by Gasteiger charge is -1.92. The number of hydrogen-bond acceptors (Lipinski definition) is 3. The first-order valence-corrected chi connectivity index (χ1v) is 5.94. The third-order valence-corrected chi connectivity index (χ3v) is 2.31. The van der Waals surface area contributed by atoms with Crippen LogP contribution < -0.4 is 0 Å². The third-order valence-electron chi connectivity index (χ3n) is 1.34. The maximum absolute atomic E-state index is 10.6. The van der Waals surface area contributed by atoms with Crippen LogP contribution in [0.1, 0.15) is 12.6 Å². The third kappa shape index (κ3) is 2.83. The number of aryl methyl sites for hydroxylation is 1. The quantitative estimate of drug-likeness (QED) is 0.696. The lowest BCUT2D eigenvalue weighted by atomic mass is 10.5. The van der Waals surface area contributed by atoms with Gasteiger partial charge < -0.3 is 0 Å². The average molecular weight is 209 g/mol. The van der Waals surface area contributed by atoms with Crippen LogP contribution in [0.3, 0.4) is 0 Å².